The fourth-order valence-electron chi connectivity index (χ4n) is 4.71. The predicted molar refractivity (Wildman–Crippen MR) is 123 cm³/mol. The molecule has 29 heavy (non-hydrogen) atoms. The maximum atomic E-state index is 9.73. The van der Waals surface area contributed by atoms with E-state index in [1.54, 1.807) is 0 Å². The summed E-state index contributed by atoms with van der Waals surface area (Å²) in [5.74, 6) is 2.63. The van der Waals surface area contributed by atoms with Crippen LogP contribution in [0.3, 0.4) is 0 Å². The van der Waals surface area contributed by atoms with E-state index in [0.717, 1.165) is 42.6 Å². The van der Waals surface area contributed by atoms with Gasteiger partial charge in [0.25, 0.3) is 0 Å². The van der Waals surface area contributed by atoms with Crippen molar-refractivity contribution < 1.29 is 4.74 Å². The van der Waals surface area contributed by atoms with Gasteiger partial charge < -0.3 is 4.74 Å². The van der Waals surface area contributed by atoms with Crippen LogP contribution in [0.15, 0.2) is 24.3 Å². The molecule has 1 unspecified atom stereocenters. The second-order valence-electron chi connectivity index (χ2n) is 9.13. The van der Waals surface area contributed by atoms with Gasteiger partial charge in [0.05, 0.1) is 18.6 Å². The van der Waals surface area contributed by atoms with Gasteiger partial charge in [-0.15, -0.1) is 0 Å². The average Bonchev–Trinajstić information content (AvgIpc) is 2.77. The molecule has 162 valence electrons. The molecule has 2 heteroatoms. The van der Waals surface area contributed by atoms with Crippen LogP contribution in [0.1, 0.15) is 115 Å². The van der Waals surface area contributed by atoms with Crippen LogP contribution in [0.2, 0.25) is 0 Å². The molecule has 1 aliphatic carbocycles. The zero-order chi connectivity index (χ0) is 20.7. The molecular formula is C27H43NO. The number of unbranched alkanes of at least 4 members (excludes halogenated alkanes) is 6. The maximum Gasteiger partial charge on any atom is 0.119 e. The maximum absolute atomic E-state index is 9.73. The molecule has 0 N–H and O–H groups in total. The fourth-order valence-corrected chi connectivity index (χ4v) is 4.71. The molecule has 1 saturated carbocycles. The molecule has 1 aromatic rings. The van der Waals surface area contributed by atoms with E-state index in [9.17, 15) is 5.26 Å². The third-order valence-electron chi connectivity index (χ3n) is 6.71. The van der Waals surface area contributed by atoms with Gasteiger partial charge in [0, 0.05) is 0 Å². The predicted octanol–water partition coefficient (Wildman–Crippen LogP) is 8.42. The highest BCUT2D eigenvalue weighted by Crippen LogP contribution is 2.37. The number of ether oxygens (including phenoxy) is 1. The second-order valence-corrected chi connectivity index (χ2v) is 9.13. The molecule has 2 nitrogen and oxygen atoms in total. The van der Waals surface area contributed by atoms with Gasteiger partial charge in [-0.2, -0.15) is 5.26 Å². The molecule has 0 radical (unpaired) electrons. The van der Waals surface area contributed by atoms with Crippen molar-refractivity contribution in [2.24, 2.45) is 11.8 Å². The topological polar surface area (TPSA) is 33.0 Å². The summed E-state index contributed by atoms with van der Waals surface area (Å²) < 4.78 is 5.89. The first-order valence-electron chi connectivity index (χ1n) is 12.4. The summed E-state index contributed by atoms with van der Waals surface area (Å²) in [5.41, 5.74) is 1.16. The summed E-state index contributed by atoms with van der Waals surface area (Å²) in [6.07, 6.45) is 18.2. The number of nitrogens with zero attached hydrogens (tertiary/aromatic N) is 1. The van der Waals surface area contributed by atoms with Gasteiger partial charge in [-0.25, -0.2) is 0 Å². The van der Waals surface area contributed by atoms with Gasteiger partial charge in [-0.3, -0.25) is 0 Å². The molecule has 0 aromatic heterocycles. The van der Waals surface area contributed by atoms with Crippen molar-refractivity contribution in [3.8, 4) is 11.8 Å². The van der Waals surface area contributed by atoms with E-state index in [2.05, 4.69) is 44.2 Å². The van der Waals surface area contributed by atoms with E-state index in [4.69, 9.17) is 4.74 Å². The van der Waals surface area contributed by atoms with Gasteiger partial charge in [0.15, 0.2) is 0 Å². The quantitative estimate of drug-likeness (QED) is 0.295. The molecule has 0 saturated heterocycles. The first-order valence-corrected chi connectivity index (χ1v) is 12.4. The Morgan fingerprint density at radius 1 is 0.862 bits per heavy atom. The van der Waals surface area contributed by atoms with Gasteiger partial charge >= 0.3 is 0 Å². The Bertz CT molecular complexity index is 565. The van der Waals surface area contributed by atoms with Crippen molar-refractivity contribution in [1.82, 2.24) is 0 Å². The normalized spacial score (nSPS) is 20.2. The molecule has 0 spiro atoms. The first kappa shape index (κ1) is 23.8. The summed E-state index contributed by atoms with van der Waals surface area (Å²) in [6, 6.07) is 10.9. The molecule has 0 aliphatic heterocycles. The third kappa shape index (κ3) is 9.24. The SMILES string of the molecule is CCCCCCCCOc1ccc(C(C#N)CC2CCC(CCCC)CC2)cc1. The second kappa shape index (κ2) is 14.5. The van der Waals surface area contributed by atoms with Crippen molar-refractivity contribution in [1.29, 1.82) is 5.26 Å². The average molecular weight is 398 g/mol. The molecule has 1 aliphatic rings. The highest BCUT2D eigenvalue weighted by molar-refractivity contribution is 5.32. The van der Waals surface area contributed by atoms with Crippen LogP contribution >= 0.6 is 0 Å². The lowest BCUT2D eigenvalue weighted by Gasteiger charge is -2.29. The van der Waals surface area contributed by atoms with Crippen molar-refractivity contribution in [2.75, 3.05) is 6.61 Å². The lowest BCUT2D eigenvalue weighted by atomic mass is 9.76. The highest BCUT2D eigenvalue weighted by atomic mass is 16.5. The van der Waals surface area contributed by atoms with Crippen LogP contribution in [0, 0.1) is 23.2 Å². The minimum Gasteiger partial charge on any atom is -0.494 e. The largest absolute Gasteiger partial charge is 0.494 e. The van der Waals surface area contributed by atoms with Crippen LogP contribution in [-0.2, 0) is 0 Å². The molecule has 1 atom stereocenters. The van der Waals surface area contributed by atoms with Crippen LogP contribution in [-0.4, -0.2) is 6.61 Å². The zero-order valence-corrected chi connectivity index (χ0v) is 19.0. The summed E-state index contributed by atoms with van der Waals surface area (Å²) in [4.78, 5) is 0. The minimum absolute atomic E-state index is 0.0276. The molecule has 1 aromatic carbocycles. The van der Waals surface area contributed by atoms with Crippen molar-refractivity contribution >= 4 is 0 Å². The van der Waals surface area contributed by atoms with Crippen molar-refractivity contribution in [3.63, 3.8) is 0 Å². The van der Waals surface area contributed by atoms with Gasteiger partial charge in [-0.1, -0.05) is 103 Å². The van der Waals surface area contributed by atoms with Crippen LogP contribution in [0.4, 0.5) is 0 Å². The van der Waals surface area contributed by atoms with E-state index in [1.807, 2.05) is 0 Å². The minimum atomic E-state index is 0.0276. The lowest BCUT2D eigenvalue weighted by molar-refractivity contribution is 0.246. The van der Waals surface area contributed by atoms with E-state index >= 15 is 0 Å². The van der Waals surface area contributed by atoms with E-state index in [-0.39, 0.29) is 5.92 Å². The molecule has 0 heterocycles. The molecule has 0 bridgehead atoms. The van der Waals surface area contributed by atoms with Crippen molar-refractivity contribution in [2.45, 2.75) is 110 Å². The van der Waals surface area contributed by atoms with E-state index < -0.39 is 0 Å². The third-order valence-corrected chi connectivity index (χ3v) is 6.71. The summed E-state index contributed by atoms with van der Waals surface area (Å²) >= 11 is 0. The molecule has 1 fully saturated rings. The number of hydrogen-bond acceptors (Lipinski definition) is 2. The van der Waals surface area contributed by atoms with Gasteiger partial charge in [0.1, 0.15) is 5.75 Å². The summed E-state index contributed by atoms with van der Waals surface area (Å²) in [5, 5.41) is 9.73. The van der Waals surface area contributed by atoms with E-state index in [0.29, 0.717) is 0 Å². The first-order chi connectivity index (χ1) is 14.3. The Labute approximate surface area is 180 Å². The van der Waals surface area contributed by atoms with Crippen molar-refractivity contribution in [3.05, 3.63) is 29.8 Å². The smallest absolute Gasteiger partial charge is 0.119 e. The molecular weight excluding hydrogens is 354 g/mol. The number of benzene rings is 1. The zero-order valence-electron chi connectivity index (χ0n) is 19.0. The van der Waals surface area contributed by atoms with Gasteiger partial charge in [0.2, 0.25) is 0 Å². The van der Waals surface area contributed by atoms with Crippen LogP contribution < -0.4 is 4.74 Å². The molecule has 0 amide bonds. The Hall–Kier alpha value is -1.49. The monoisotopic (exact) mass is 397 g/mol. The van der Waals surface area contributed by atoms with Gasteiger partial charge in [-0.05, 0) is 42.4 Å². The Kier molecular flexibility index (Phi) is 11.9. The Morgan fingerprint density at radius 3 is 2.14 bits per heavy atom. The number of nitriles is 1. The molecule has 2 rings (SSSR count). The summed E-state index contributed by atoms with van der Waals surface area (Å²) in [7, 11) is 0. The van der Waals surface area contributed by atoms with E-state index in [1.165, 1.54) is 77.0 Å². The Balaban J connectivity index is 1.70. The van der Waals surface area contributed by atoms with Crippen LogP contribution in [0.5, 0.6) is 5.75 Å². The fraction of sp³-hybridized carbons (Fsp3) is 0.741. The number of hydrogen-bond donors (Lipinski definition) is 0. The standard InChI is InChI=1S/C27H43NO/c1-3-5-7-8-9-10-20-29-27-18-16-25(17-19-27)26(22-28)21-24-14-12-23(13-15-24)11-6-4-2/h16-19,23-24,26H,3-15,20-21H2,1-2H3. The highest BCUT2D eigenvalue weighted by Gasteiger charge is 2.24. The summed E-state index contributed by atoms with van der Waals surface area (Å²) in [6.45, 7) is 5.34. The Morgan fingerprint density at radius 2 is 1.48 bits per heavy atom. The number of rotatable bonds is 14. The van der Waals surface area contributed by atoms with Crippen LogP contribution in [0.25, 0.3) is 0 Å². The lowest BCUT2D eigenvalue weighted by Crippen LogP contribution is -2.16.